The summed E-state index contributed by atoms with van der Waals surface area (Å²) >= 11 is 12.2. The van der Waals surface area contributed by atoms with Crippen LogP contribution in [0.4, 0.5) is 5.95 Å². The molecule has 3 aromatic rings. The van der Waals surface area contributed by atoms with E-state index in [1.165, 1.54) is 10.1 Å². The lowest BCUT2D eigenvalue weighted by Crippen LogP contribution is -2.43. The van der Waals surface area contributed by atoms with Gasteiger partial charge in [0.2, 0.25) is 5.95 Å². The first-order chi connectivity index (χ1) is 16.3. The molecule has 0 saturated heterocycles. The molecule has 0 bridgehead atoms. The van der Waals surface area contributed by atoms with Gasteiger partial charge in [0.05, 0.1) is 19.6 Å². The summed E-state index contributed by atoms with van der Waals surface area (Å²) in [7, 11) is 0. The van der Waals surface area contributed by atoms with Gasteiger partial charge >= 0.3 is 11.4 Å². The molecule has 0 amide bonds. The minimum atomic E-state index is -0.694. The molecule has 0 atom stereocenters. The summed E-state index contributed by atoms with van der Waals surface area (Å²) in [5.74, 6) is 0.0914. The topological polar surface area (TPSA) is 133 Å². The average Bonchev–Trinajstić information content (AvgIpc) is 2.77. The summed E-state index contributed by atoms with van der Waals surface area (Å²) in [6.07, 6.45) is 2.03. The van der Waals surface area contributed by atoms with Crippen molar-refractivity contribution in [1.82, 2.24) is 14.1 Å². The summed E-state index contributed by atoms with van der Waals surface area (Å²) in [5, 5.41) is 3.81. The molecule has 9 nitrogen and oxygen atoms in total. The number of hydrogen-bond donors (Lipinski definition) is 3. The van der Waals surface area contributed by atoms with Crippen LogP contribution in [0.3, 0.4) is 0 Å². The molecule has 3 rings (SSSR count). The van der Waals surface area contributed by atoms with Crippen LogP contribution in [0.1, 0.15) is 30.0 Å². The molecule has 180 valence electrons. The van der Waals surface area contributed by atoms with Gasteiger partial charge in [-0.1, -0.05) is 60.8 Å². The summed E-state index contributed by atoms with van der Waals surface area (Å²) in [6, 6.07) is 12.9. The molecule has 34 heavy (non-hydrogen) atoms. The quantitative estimate of drug-likeness (QED) is 0.221. The Morgan fingerprint density at radius 2 is 1.59 bits per heavy atom. The Bertz CT molecular complexity index is 1260. The highest BCUT2D eigenvalue weighted by Gasteiger charge is 2.14. The highest BCUT2D eigenvalue weighted by atomic mass is 35.5. The summed E-state index contributed by atoms with van der Waals surface area (Å²) in [4.78, 5) is 34.2. The van der Waals surface area contributed by atoms with E-state index in [1.807, 2.05) is 24.3 Å². The smallest absolute Gasteiger partial charge is 0.355 e. The number of rotatable bonds is 10. The Morgan fingerprint density at radius 1 is 0.971 bits per heavy atom. The minimum Gasteiger partial charge on any atom is -0.370 e. The first-order valence-corrected chi connectivity index (χ1v) is 11.6. The molecule has 0 unspecified atom stereocenters. The second-order valence-electron chi connectivity index (χ2n) is 7.75. The highest BCUT2D eigenvalue weighted by Crippen LogP contribution is 2.19. The number of nitrogens with zero attached hydrogens (tertiary/aromatic N) is 4. The normalized spacial score (nSPS) is 10.8. The van der Waals surface area contributed by atoms with Crippen molar-refractivity contribution in [3.05, 3.63) is 90.2 Å². The zero-order valence-electron chi connectivity index (χ0n) is 18.8. The zero-order chi connectivity index (χ0) is 24.7. The van der Waals surface area contributed by atoms with Gasteiger partial charge in [0, 0.05) is 16.6 Å². The minimum absolute atomic E-state index is 0.0192. The van der Waals surface area contributed by atoms with Gasteiger partial charge in [-0.25, -0.2) is 14.2 Å². The fourth-order valence-corrected chi connectivity index (χ4v) is 4.03. The maximum Gasteiger partial charge on any atom is 0.355 e. The molecular weight excluding hydrogens is 477 g/mol. The molecule has 5 N–H and O–H groups in total. The van der Waals surface area contributed by atoms with Crippen LogP contribution >= 0.6 is 23.2 Å². The molecule has 0 aliphatic heterocycles. The molecule has 1 aromatic heterocycles. The van der Waals surface area contributed by atoms with Crippen LogP contribution < -0.4 is 28.2 Å². The Hall–Kier alpha value is -3.30. The first kappa shape index (κ1) is 25.3. The molecule has 11 heteroatoms. The van der Waals surface area contributed by atoms with E-state index in [0.29, 0.717) is 15.6 Å². The van der Waals surface area contributed by atoms with Gasteiger partial charge in [0.15, 0.2) is 5.96 Å². The third-order valence-electron chi connectivity index (χ3n) is 5.00. The molecule has 0 aliphatic carbocycles. The fraction of sp³-hybridized carbons (Fsp3) is 0.304. The Labute approximate surface area is 207 Å². The van der Waals surface area contributed by atoms with E-state index in [1.54, 1.807) is 18.2 Å². The summed E-state index contributed by atoms with van der Waals surface area (Å²) < 4.78 is 2.46. The Kier molecular flexibility index (Phi) is 8.72. The molecule has 0 spiro atoms. The zero-order valence-corrected chi connectivity index (χ0v) is 20.3. The van der Waals surface area contributed by atoms with E-state index in [4.69, 9.17) is 34.7 Å². The number of nitrogens with two attached hydrogens (primary N) is 2. The molecule has 0 fully saturated rings. The van der Waals surface area contributed by atoms with Gasteiger partial charge in [0.1, 0.15) is 0 Å². The van der Waals surface area contributed by atoms with Crippen molar-refractivity contribution >= 4 is 35.1 Å². The maximum absolute atomic E-state index is 13.4. The Morgan fingerprint density at radius 3 is 2.21 bits per heavy atom. The van der Waals surface area contributed by atoms with Crippen molar-refractivity contribution in [2.75, 3.05) is 18.4 Å². The highest BCUT2D eigenvalue weighted by molar-refractivity contribution is 6.34. The third kappa shape index (κ3) is 6.85. The van der Waals surface area contributed by atoms with Crippen molar-refractivity contribution in [2.24, 2.45) is 16.5 Å². The predicted octanol–water partition coefficient (Wildman–Crippen LogP) is 2.45. The van der Waals surface area contributed by atoms with E-state index in [-0.39, 0.29) is 38.1 Å². The molecule has 0 aliphatic rings. The van der Waals surface area contributed by atoms with E-state index in [2.05, 4.69) is 22.2 Å². The number of anilines is 1. The molecule has 0 radical (unpaired) electrons. The van der Waals surface area contributed by atoms with E-state index < -0.39 is 11.4 Å². The van der Waals surface area contributed by atoms with Crippen LogP contribution in [0.25, 0.3) is 0 Å². The van der Waals surface area contributed by atoms with Crippen LogP contribution in [0, 0.1) is 0 Å². The van der Waals surface area contributed by atoms with E-state index >= 15 is 0 Å². The summed E-state index contributed by atoms with van der Waals surface area (Å²) in [5.41, 5.74) is 12.2. The third-order valence-corrected chi connectivity index (χ3v) is 5.44. The lowest BCUT2D eigenvalue weighted by atomic mass is 10.1. The van der Waals surface area contributed by atoms with Crippen LogP contribution in [-0.4, -0.2) is 33.2 Å². The first-order valence-electron chi connectivity index (χ1n) is 10.8. The van der Waals surface area contributed by atoms with Crippen molar-refractivity contribution in [1.29, 1.82) is 0 Å². The predicted molar refractivity (Wildman–Crippen MR) is 137 cm³/mol. The van der Waals surface area contributed by atoms with Crippen molar-refractivity contribution in [3.63, 3.8) is 0 Å². The van der Waals surface area contributed by atoms with E-state index in [9.17, 15) is 9.59 Å². The lowest BCUT2D eigenvalue weighted by molar-refractivity contribution is 0.586. The molecular formula is C23H27Cl2N7O2. The summed E-state index contributed by atoms with van der Waals surface area (Å²) in [6.45, 7) is 2.87. The number of aliphatic imine (C=N–C) groups is 1. The van der Waals surface area contributed by atoms with Crippen LogP contribution in [0.2, 0.25) is 10.0 Å². The second-order valence-corrected chi connectivity index (χ2v) is 8.62. The van der Waals surface area contributed by atoms with Crippen molar-refractivity contribution in [2.45, 2.75) is 32.9 Å². The van der Waals surface area contributed by atoms with Crippen molar-refractivity contribution < 1.29 is 0 Å². The van der Waals surface area contributed by atoms with Gasteiger partial charge < -0.3 is 16.8 Å². The molecule has 0 saturated carbocycles. The monoisotopic (exact) mass is 503 g/mol. The SMILES string of the molecule is CCCc1ccc(Cn2c(NCCN=C(N)N)nc(=O)n(Cc3cc(Cl)cc(Cl)c3)c2=O)cc1. The van der Waals surface area contributed by atoms with E-state index in [0.717, 1.165) is 23.0 Å². The van der Waals surface area contributed by atoms with Crippen molar-refractivity contribution in [3.8, 4) is 0 Å². The number of guanidine groups is 1. The maximum atomic E-state index is 13.4. The molecule has 2 aromatic carbocycles. The number of halogens is 2. The number of nitrogens with one attached hydrogen (secondary N) is 1. The second kappa shape index (κ2) is 11.7. The Balaban J connectivity index is 1.98. The number of aromatic nitrogens is 3. The number of aryl methyl sites for hydroxylation is 1. The fourth-order valence-electron chi connectivity index (χ4n) is 3.46. The van der Waals surface area contributed by atoms with Gasteiger partial charge in [0.25, 0.3) is 0 Å². The van der Waals surface area contributed by atoms with Crippen LogP contribution in [-0.2, 0) is 19.5 Å². The van der Waals surface area contributed by atoms with Gasteiger partial charge in [-0.3, -0.25) is 9.56 Å². The molecule has 1 heterocycles. The van der Waals surface area contributed by atoms with Gasteiger partial charge in [-0.2, -0.15) is 4.98 Å². The van der Waals surface area contributed by atoms with Gasteiger partial charge in [-0.15, -0.1) is 0 Å². The van der Waals surface area contributed by atoms with Gasteiger partial charge in [-0.05, 0) is 41.3 Å². The number of hydrogen-bond acceptors (Lipinski definition) is 5. The number of benzene rings is 2. The largest absolute Gasteiger partial charge is 0.370 e. The lowest BCUT2D eigenvalue weighted by Gasteiger charge is -2.16. The average molecular weight is 504 g/mol. The van der Waals surface area contributed by atoms with Crippen LogP contribution in [0.5, 0.6) is 0 Å². The van der Waals surface area contributed by atoms with Crippen LogP contribution in [0.15, 0.2) is 57.0 Å². The standard InChI is InChI=1S/C23H27Cl2N7O2/c1-2-3-15-4-6-16(7-5-15)13-31-21(29-9-8-28-20(26)27)30-22(33)32(23(31)34)14-17-10-18(24)12-19(25)11-17/h4-7,10-12H,2-3,8-9,13-14H2,1H3,(H4,26,27,28)(H,29,30,33).